The van der Waals surface area contributed by atoms with Crippen LogP contribution in [0.2, 0.25) is 0 Å². The summed E-state index contributed by atoms with van der Waals surface area (Å²) in [6, 6.07) is 0. The van der Waals surface area contributed by atoms with E-state index in [2.05, 4.69) is 15.3 Å². The normalized spacial score (nSPS) is 18.0. The largest absolute Gasteiger partial charge is 0.456 e. The van der Waals surface area contributed by atoms with Gasteiger partial charge in [0, 0.05) is 14.1 Å². The van der Waals surface area contributed by atoms with Crippen molar-refractivity contribution in [2.24, 2.45) is 0 Å². The van der Waals surface area contributed by atoms with Gasteiger partial charge in [-0.15, -0.1) is 0 Å². The minimum Gasteiger partial charge on any atom is -0.456 e. The highest BCUT2D eigenvalue weighted by Crippen LogP contribution is 2.27. The summed E-state index contributed by atoms with van der Waals surface area (Å²) in [4.78, 5) is 20.7. The van der Waals surface area contributed by atoms with Crippen molar-refractivity contribution in [3.63, 3.8) is 0 Å². The molecular formula is C8H10N4O2. The number of amides is 1. The number of rotatable bonds is 1. The van der Waals surface area contributed by atoms with Crippen LogP contribution in [0.1, 0.15) is 0 Å². The van der Waals surface area contributed by atoms with Gasteiger partial charge in [-0.1, -0.05) is 0 Å². The number of hydrogen-bond acceptors (Lipinski definition) is 5. The Hall–Kier alpha value is -1.85. The third kappa shape index (κ3) is 1.34. The number of carbonyl (C=O) groups excluding carboxylic acids is 1. The first-order valence-corrected chi connectivity index (χ1v) is 4.13. The number of likely N-dealkylation sites (N-methyl/N-ethyl adjacent to an activating group) is 1. The molecule has 2 heterocycles. The van der Waals surface area contributed by atoms with E-state index in [4.69, 9.17) is 4.74 Å². The van der Waals surface area contributed by atoms with Gasteiger partial charge in [-0.25, -0.2) is 9.97 Å². The number of ether oxygens (including phenoxy) is 1. The summed E-state index contributed by atoms with van der Waals surface area (Å²) in [5.74, 6) is 0.913. The van der Waals surface area contributed by atoms with Gasteiger partial charge in [0.1, 0.15) is 6.33 Å². The fourth-order valence-corrected chi connectivity index (χ4v) is 1.14. The molecule has 0 aliphatic carbocycles. The minimum atomic E-state index is -0.684. The van der Waals surface area contributed by atoms with E-state index in [9.17, 15) is 4.79 Å². The van der Waals surface area contributed by atoms with Crippen LogP contribution < -0.4 is 10.1 Å². The fraction of sp³-hybridized carbons (Fsp3) is 0.375. The molecule has 1 aliphatic heterocycles. The Morgan fingerprint density at radius 2 is 2.43 bits per heavy atom. The molecule has 0 aromatic carbocycles. The van der Waals surface area contributed by atoms with Gasteiger partial charge in [0.05, 0.1) is 6.20 Å². The number of hydrogen-bond donors (Lipinski definition) is 1. The van der Waals surface area contributed by atoms with Crippen LogP contribution in [0, 0.1) is 0 Å². The molecule has 0 fully saturated rings. The third-order valence-electron chi connectivity index (χ3n) is 1.86. The smallest absolute Gasteiger partial charge is 0.284 e. The number of aromatic nitrogens is 2. The van der Waals surface area contributed by atoms with Gasteiger partial charge in [-0.05, 0) is 0 Å². The zero-order valence-corrected chi connectivity index (χ0v) is 7.89. The Morgan fingerprint density at radius 3 is 3.07 bits per heavy atom. The number of fused-ring (bicyclic) bond motifs is 1. The van der Waals surface area contributed by atoms with Crippen molar-refractivity contribution in [2.75, 3.05) is 19.4 Å². The summed E-state index contributed by atoms with van der Waals surface area (Å²) in [6.07, 6.45) is 2.24. The molecule has 1 aromatic heterocycles. The summed E-state index contributed by atoms with van der Waals surface area (Å²) < 4.78 is 5.30. The lowest BCUT2D eigenvalue weighted by molar-refractivity contribution is -0.134. The van der Waals surface area contributed by atoms with Crippen molar-refractivity contribution in [2.45, 2.75) is 6.23 Å². The van der Waals surface area contributed by atoms with E-state index in [1.165, 1.54) is 17.4 Å². The van der Waals surface area contributed by atoms with Crippen molar-refractivity contribution in [3.05, 3.63) is 12.5 Å². The topological polar surface area (TPSA) is 67.4 Å². The number of anilines is 1. The Balaban J connectivity index is 2.16. The molecule has 2 rings (SSSR count). The molecule has 0 bridgehead atoms. The summed E-state index contributed by atoms with van der Waals surface area (Å²) in [5.41, 5.74) is 0. The van der Waals surface area contributed by atoms with Gasteiger partial charge in [0.25, 0.3) is 12.1 Å². The van der Waals surface area contributed by atoms with Crippen LogP contribution >= 0.6 is 0 Å². The SMILES string of the molecule is CN(C)C(=O)C1Nc2ncncc2O1. The summed E-state index contributed by atoms with van der Waals surface area (Å²) >= 11 is 0. The molecular weight excluding hydrogens is 184 g/mol. The van der Waals surface area contributed by atoms with Crippen LogP contribution in [-0.2, 0) is 4.79 Å². The molecule has 14 heavy (non-hydrogen) atoms. The highest BCUT2D eigenvalue weighted by molar-refractivity contribution is 5.84. The lowest BCUT2D eigenvalue weighted by Gasteiger charge is -2.15. The zero-order valence-electron chi connectivity index (χ0n) is 7.89. The van der Waals surface area contributed by atoms with Crippen molar-refractivity contribution in [1.82, 2.24) is 14.9 Å². The molecule has 6 heteroatoms. The molecule has 1 unspecified atom stereocenters. The van der Waals surface area contributed by atoms with E-state index >= 15 is 0 Å². The molecule has 1 aromatic rings. The first-order chi connectivity index (χ1) is 6.68. The summed E-state index contributed by atoms with van der Waals surface area (Å²) in [5, 5.41) is 2.85. The monoisotopic (exact) mass is 194 g/mol. The van der Waals surface area contributed by atoms with E-state index in [0.29, 0.717) is 11.6 Å². The van der Waals surface area contributed by atoms with Gasteiger partial charge in [0.15, 0.2) is 11.6 Å². The predicted octanol–water partition coefficient (Wildman–Crippen LogP) is -0.305. The van der Waals surface area contributed by atoms with Crippen LogP contribution in [-0.4, -0.2) is 41.1 Å². The second-order valence-corrected chi connectivity index (χ2v) is 3.11. The first-order valence-electron chi connectivity index (χ1n) is 4.13. The van der Waals surface area contributed by atoms with Gasteiger partial charge in [-0.2, -0.15) is 0 Å². The van der Waals surface area contributed by atoms with E-state index in [-0.39, 0.29) is 5.91 Å². The molecule has 1 amide bonds. The highest BCUT2D eigenvalue weighted by atomic mass is 16.5. The van der Waals surface area contributed by atoms with E-state index in [1.54, 1.807) is 14.1 Å². The Bertz CT molecular complexity index is 341. The second kappa shape index (κ2) is 3.13. The summed E-state index contributed by atoms with van der Waals surface area (Å²) in [7, 11) is 3.34. The quantitative estimate of drug-likeness (QED) is 0.664. The van der Waals surface area contributed by atoms with Crippen molar-refractivity contribution in [1.29, 1.82) is 0 Å². The van der Waals surface area contributed by atoms with Crippen LogP contribution in [0.5, 0.6) is 5.75 Å². The molecule has 0 saturated heterocycles. The minimum absolute atomic E-state index is 0.150. The van der Waals surface area contributed by atoms with Gasteiger partial charge in [-0.3, -0.25) is 4.79 Å². The van der Waals surface area contributed by atoms with Crippen molar-refractivity contribution < 1.29 is 9.53 Å². The number of nitrogens with zero attached hydrogens (tertiary/aromatic N) is 3. The maximum absolute atomic E-state index is 11.5. The average molecular weight is 194 g/mol. The molecule has 0 radical (unpaired) electrons. The molecule has 6 nitrogen and oxygen atoms in total. The Kier molecular flexibility index (Phi) is 1.95. The highest BCUT2D eigenvalue weighted by Gasteiger charge is 2.30. The van der Waals surface area contributed by atoms with Crippen LogP contribution in [0.4, 0.5) is 5.82 Å². The van der Waals surface area contributed by atoms with E-state index in [0.717, 1.165) is 0 Å². The van der Waals surface area contributed by atoms with E-state index < -0.39 is 6.23 Å². The lowest BCUT2D eigenvalue weighted by atomic mass is 10.5. The first kappa shape index (κ1) is 8.74. The maximum Gasteiger partial charge on any atom is 0.284 e. The average Bonchev–Trinajstić information content (AvgIpc) is 2.59. The Labute approximate surface area is 80.9 Å². The molecule has 1 aliphatic rings. The molecule has 74 valence electrons. The van der Waals surface area contributed by atoms with Gasteiger partial charge < -0.3 is 15.0 Å². The second-order valence-electron chi connectivity index (χ2n) is 3.11. The predicted molar refractivity (Wildman–Crippen MR) is 48.8 cm³/mol. The van der Waals surface area contributed by atoms with Crippen molar-refractivity contribution >= 4 is 11.7 Å². The maximum atomic E-state index is 11.5. The number of carbonyl (C=O) groups is 1. The van der Waals surface area contributed by atoms with Gasteiger partial charge >= 0.3 is 0 Å². The van der Waals surface area contributed by atoms with E-state index in [1.807, 2.05) is 0 Å². The molecule has 0 spiro atoms. The van der Waals surface area contributed by atoms with Crippen LogP contribution in [0.15, 0.2) is 12.5 Å². The zero-order chi connectivity index (χ0) is 10.1. The standard InChI is InChI=1S/C8H10N4O2/c1-12(2)8(13)7-11-6-5(14-7)3-9-4-10-6/h3-4,7H,1-2H3,(H,9,10,11). The summed E-state index contributed by atoms with van der Waals surface area (Å²) in [6.45, 7) is 0. The molecule has 1 atom stereocenters. The fourth-order valence-electron chi connectivity index (χ4n) is 1.14. The Morgan fingerprint density at radius 1 is 1.64 bits per heavy atom. The number of nitrogens with one attached hydrogen (secondary N) is 1. The molecule has 1 N–H and O–H groups in total. The third-order valence-corrected chi connectivity index (χ3v) is 1.86. The lowest BCUT2D eigenvalue weighted by Crippen LogP contribution is -2.40. The van der Waals surface area contributed by atoms with Crippen LogP contribution in [0.25, 0.3) is 0 Å². The van der Waals surface area contributed by atoms with Gasteiger partial charge in [0.2, 0.25) is 0 Å². The molecule has 0 saturated carbocycles. The van der Waals surface area contributed by atoms with Crippen molar-refractivity contribution in [3.8, 4) is 5.75 Å². The van der Waals surface area contributed by atoms with Crippen LogP contribution in [0.3, 0.4) is 0 Å².